The van der Waals surface area contributed by atoms with Crippen molar-refractivity contribution >= 4 is 28.5 Å². The summed E-state index contributed by atoms with van der Waals surface area (Å²) in [6.45, 7) is 0. The van der Waals surface area contributed by atoms with Crippen molar-refractivity contribution in [3.05, 3.63) is 46.5 Å². The van der Waals surface area contributed by atoms with Crippen molar-refractivity contribution < 1.29 is 9.21 Å². The highest BCUT2D eigenvalue weighted by Crippen LogP contribution is 2.33. The van der Waals surface area contributed by atoms with Crippen LogP contribution in [0.2, 0.25) is 0 Å². The van der Waals surface area contributed by atoms with Gasteiger partial charge in [0.15, 0.2) is 0 Å². The number of rotatable bonds is 2. The van der Waals surface area contributed by atoms with E-state index < -0.39 is 0 Å². The number of carbonyl (C=O) groups is 1. The highest BCUT2D eigenvalue weighted by molar-refractivity contribution is 7.11. The summed E-state index contributed by atoms with van der Waals surface area (Å²) < 4.78 is 5.35. The van der Waals surface area contributed by atoms with E-state index in [1.54, 1.807) is 17.6 Å². The lowest BCUT2D eigenvalue weighted by Gasteiger charge is -2.01. The Hall–Kier alpha value is -1.81. The number of nitrogens with one attached hydrogen (secondary N) is 1. The molecule has 0 aliphatic carbocycles. The Balaban J connectivity index is 2.11. The minimum atomic E-state index is 0.0230. The lowest BCUT2D eigenvalue weighted by molar-refractivity contribution is -0.118. The second-order valence-corrected chi connectivity index (χ2v) is 4.48. The third-order valence-electron chi connectivity index (χ3n) is 2.49. The largest absolute Gasteiger partial charge is 0.465 e. The summed E-state index contributed by atoms with van der Waals surface area (Å²) in [5.74, 6) is 0.788. The van der Waals surface area contributed by atoms with Crippen molar-refractivity contribution in [2.75, 3.05) is 0 Å². The SMILES string of the molecule is O=C1CC(c2ccco2)=C(c2cccs2)N1. The van der Waals surface area contributed by atoms with Gasteiger partial charge < -0.3 is 9.73 Å². The van der Waals surface area contributed by atoms with Crippen LogP contribution in [0.5, 0.6) is 0 Å². The molecule has 0 fully saturated rings. The van der Waals surface area contributed by atoms with Crippen molar-refractivity contribution in [2.45, 2.75) is 6.42 Å². The van der Waals surface area contributed by atoms with Gasteiger partial charge in [-0.05, 0) is 23.6 Å². The van der Waals surface area contributed by atoms with E-state index in [0.29, 0.717) is 6.42 Å². The second kappa shape index (κ2) is 3.64. The summed E-state index contributed by atoms with van der Waals surface area (Å²) in [5.41, 5.74) is 1.83. The average Bonchev–Trinajstić information content (AvgIpc) is 2.98. The molecule has 1 aliphatic heterocycles. The molecule has 1 amide bonds. The predicted octanol–water partition coefficient (Wildman–Crippen LogP) is 2.73. The summed E-state index contributed by atoms with van der Waals surface area (Å²) in [6, 6.07) is 7.67. The zero-order chi connectivity index (χ0) is 11.0. The van der Waals surface area contributed by atoms with Crippen molar-refractivity contribution in [1.29, 1.82) is 0 Å². The van der Waals surface area contributed by atoms with Gasteiger partial charge in [-0.1, -0.05) is 6.07 Å². The lowest BCUT2D eigenvalue weighted by Crippen LogP contribution is -2.13. The standard InChI is InChI=1S/C12H9NO2S/c14-11-7-8(9-3-1-5-15-9)12(13-11)10-4-2-6-16-10/h1-6H,7H2,(H,13,14). The van der Waals surface area contributed by atoms with E-state index in [2.05, 4.69) is 5.32 Å². The molecule has 0 spiro atoms. The Kier molecular flexibility index (Phi) is 2.15. The second-order valence-electron chi connectivity index (χ2n) is 3.53. The Bertz CT molecular complexity index is 489. The molecule has 0 bridgehead atoms. The highest BCUT2D eigenvalue weighted by atomic mass is 32.1. The zero-order valence-electron chi connectivity index (χ0n) is 8.40. The van der Waals surface area contributed by atoms with Gasteiger partial charge in [-0.3, -0.25) is 4.79 Å². The van der Waals surface area contributed by atoms with Crippen LogP contribution < -0.4 is 5.32 Å². The number of hydrogen-bond acceptors (Lipinski definition) is 3. The first kappa shape index (κ1) is 9.42. The minimum absolute atomic E-state index is 0.0230. The summed E-state index contributed by atoms with van der Waals surface area (Å²) in [6.07, 6.45) is 2.01. The van der Waals surface area contributed by atoms with Crippen LogP contribution in [0.15, 0.2) is 40.3 Å². The molecular formula is C12H9NO2S. The van der Waals surface area contributed by atoms with Gasteiger partial charge in [0.25, 0.3) is 0 Å². The third-order valence-corrected chi connectivity index (χ3v) is 3.38. The molecule has 80 valence electrons. The Morgan fingerprint density at radius 3 is 2.94 bits per heavy atom. The normalized spacial score (nSPS) is 15.6. The van der Waals surface area contributed by atoms with Crippen molar-refractivity contribution in [2.24, 2.45) is 0 Å². The van der Waals surface area contributed by atoms with Crippen LogP contribution in [0.1, 0.15) is 17.1 Å². The summed E-state index contributed by atoms with van der Waals surface area (Å²) >= 11 is 1.61. The summed E-state index contributed by atoms with van der Waals surface area (Å²) in [4.78, 5) is 12.5. The van der Waals surface area contributed by atoms with Gasteiger partial charge >= 0.3 is 0 Å². The first-order chi connectivity index (χ1) is 7.84. The molecule has 2 aromatic rings. The van der Waals surface area contributed by atoms with Gasteiger partial charge in [0, 0.05) is 5.57 Å². The van der Waals surface area contributed by atoms with E-state index in [-0.39, 0.29) is 5.91 Å². The van der Waals surface area contributed by atoms with Crippen molar-refractivity contribution in [3.8, 4) is 0 Å². The minimum Gasteiger partial charge on any atom is -0.465 e. The summed E-state index contributed by atoms with van der Waals surface area (Å²) in [7, 11) is 0. The van der Waals surface area contributed by atoms with Gasteiger partial charge in [-0.15, -0.1) is 11.3 Å². The molecular weight excluding hydrogens is 222 g/mol. The smallest absolute Gasteiger partial charge is 0.229 e. The third kappa shape index (κ3) is 1.47. The topological polar surface area (TPSA) is 42.2 Å². The van der Waals surface area contributed by atoms with Crippen molar-refractivity contribution in [1.82, 2.24) is 5.32 Å². The van der Waals surface area contributed by atoms with E-state index in [1.165, 1.54) is 0 Å². The quantitative estimate of drug-likeness (QED) is 0.863. The first-order valence-electron chi connectivity index (χ1n) is 4.95. The molecule has 3 heterocycles. The molecule has 0 saturated carbocycles. The monoisotopic (exact) mass is 231 g/mol. The molecule has 4 heteroatoms. The number of carbonyl (C=O) groups excluding carboxylic acids is 1. The van der Waals surface area contributed by atoms with E-state index >= 15 is 0 Å². The zero-order valence-corrected chi connectivity index (χ0v) is 9.21. The molecule has 0 unspecified atom stereocenters. The molecule has 0 atom stereocenters. The molecule has 0 saturated heterocycles. The van der Waals surface area contributed by atoms with E-state index in [0.717, 1.165) is 21.9 Å². The number of furan rings is 1. The van der Waals surface area contributed by atoms with Gasteiger partial charge in [0.1, 0.15) is 5.76 Å². The molecule has 0 radical (unpaired) electrons. The fourth-order valence-corrected chi connectivity index (χ4v) is 2.55. The predicted molar refractivity (Wildman–Crippen MR) is 62.6 cm³/mol. The van der Waals surface area contributed by atoms with Crippen LogP contribution in [-0.2, 0) is 4.79 Å². The fraction of sp³-hybridized carbons (Fsp3) is 0.0833. The van der Waals surface area contributed by atoms with Crippen LogP contribution in [-0.4, -0.2) is 5.91 Å². The highest BCUT2D eigenvalue weighted by Gasteiger charge is 2.25. The van der Waals surface area contributed by atoms with E-state index in [9.17, 15) is 4.79 Å². The van der Waals surface area contributed by atoms with E-state index in [1.807, 2.05) is 29.6 Å². The van der Waals surface area contributed by atoms with Gasteiger partial charge in [-0.2, -0.15) is 0 Å². The summed E-state index contributed by atoms with van der Waals surface area (Å²) in [5, 5.41) is 4.88. The maximum Gasteiger partial charge on any atom is 0.229 e. The average molecular weight is 231 g/mol. The fourth-order valence-electron chi connectivity index (χ4n) is 1.80. The van der Waals surface area contributed by atoms with Gasteiger partial charge in [0.05, 0.1) is 23.3 Å². The van der Waals surface area contributed by atoms with Crippen molar-refractivity contribution in [3.63, 3.8) is 0 Å². The maximum absolute atomic E-state index is 11.5. The molecule has 1 N–H and O–H groups in total. The van der Waals surface area contributed by atoms with E-state index in [4.69, 9.17) is 4.42 Å². The van der Waals surface area contributed by atoms with Crippen LogP contribution in [0.3, 0.4) is 0 Å². The number of thiophene rings is 1. The molecule has 3 rings (SSSR count). The molecule has 0 aromatic carbocycles. The Morgan fingerprint density at radius 2 is 2.25 bits per heavy atom. The number of hydrogen-bond donors (Lipinski definition) is 1. The van der Waals surface area contributed by atoms with Gasteiger partial charge in [-0.25, -0.2) is 0 Å². The lowest BCUT2D eigenvalue weighted by atomic mass is 10.1. The molecule has 16 heavy (non-hydrogen) atoms. The van der Waals surface area contributed by atoms with Crippen LogP contribution >= 0.6 is 11.3 Å². The van der Waals surface area contributed by atoms with Crippen LogP contribution in [0, 0.1) is 0 Å². The molecule has 3 nitrogen and oxygen atoms in total. The molecule has 2 aromatic heterocycles. The number of amides is 1. The van der Waals surface area contributed by atoms with Crippen LogP contribution in [0.4, 0.5) is 0 Å². The maximum atomic E-state index is 11.5. The Labute approximate surface area is 96.4 Å². The molecule has 1 aliphatic rings. The van der Waals surface area contributed by atoms with Crippen LogP contribution in [0.25, 0.3) is 11.3 Å². The Morgan fingerprint density at radius 1 is 1.31 bits per heavy atom. The van der Waals surface area contributed by atoms with Gasteiger partial charge in [0.2, 0.25) is 5.91 Å². The first-order valence-corrected chi connectivity index (χ1v) is 5.83.